The Hall–Kier alpha value is -4.93. The molecule has 5 aliphatic carbocycles. The molecule has 2 aromatic rings. The predicted molar refractivity (Wildman–Crippen MR) is 263 cm³/mol. The first-order chi connectivity index (χ1) is 32.7. The van der Waals surface area contributed by atoms with Crippen molar-refractivity contribution < 1.29 is 48.0 Å². The molecule has 16 heteroatoms. The highest BCUT2D eigenvalue weighted by molar-refractivity contribution is 6.03. The summed E-state index contributed by atoms with van der Waals surface area (Å²) >= 11 is 0. The number of nitrogens with zero attached hydrogens (tertiary/aromatic N) is 3. The summed E-state index contributed by atoms with van der Waals surface area (Å²) < 4.78 is 31.2. The minimum atomic E-state index is -1.98. The van der Waals surface area contributed by atoms with Gasteiger partial charge in [0.2, 0.25) is 23.0 Å². The standard InChI is InChI=1S/C54H74FN5O10/c1-26(2)41(56)47(64)57-42(27(3)4)48(65)59-22-21-58(25-28(59)5)44-40(55)29(6)37-43(46(44)69-12)60(32-14-15-32)30(7)38(45(37)63)49(66)70-51(8,9)50(67)54(68)20-18-35-34-16-13-31-23-33(61)17-19-52(31,10)39(34)36(62)24-53(35,54)11/h17,19,23,26-28,32,34-36,39,41-42,62,68H,13-16,18,20-22,24-25,56H2,1-12H3,(H,57,64)/t28?,34-,35-,36-,39+,41?,42?,52-,53-,54-/m0/s1. The van der Waals surface area contributed by atoms with Gasteiger partial charge >= 0.3 is 5.97 Å². The molecule has 8 rings (SSSR count). The Bertz CT molecular complexity index is 2670. The molecule has 1 aromatic carbocycles. The second kappa shape index (κ2) is 18.0. The van der Waals surface area contributed by atoms with Crippen LogP contribution in [0.3, 0.4) is 0 Å². The van der Waals surface area contributed by atoms with E-state index in [0.29, 0.717) is 37.6 Å². The van der Waals surface area contributed by atoms with E-state index in [4.69, 9.17) is 15.2 Å². The van der Waals surface area contributed by atoms with E-state index in [-0.39, 0.29) is 113 Å². The number of nitrogens with two attached hydrogens (primary N) is 1. The summed E-state index contributed by atoms with van der Waals surface area (Å²) in [6, 6.07) is -2.18. The van der Waals surface area contributed by atoms with Crippen LogP contribution in [0, 0.1) is 60.1 Å². The van der Waals surface area contributed by atoms with Crippen LogP contribution in [0.25, 0.3) is 10.9 Å². The molecule has 0 radical (unpaired) electrons. The minimum Gasteiger partial charge on any atom is -0.492 e. The van der Waals surface area contributed by atoms with E-state index < -0.39 is 75.2 Å². The Morgan fingerprint density at radius 1 is 1.01 bits per heavy atom. The maximum atomic E-state index is 17.2. The van der Waals surface area contributed by atoms with Crippen LogP contribution in [0.5, 0.6) is 5.75 Å². The Morgan fingerprint density at radius 2 is 1.69 bits per heavy atom. The number of anilines is 1. The molecule has 0 spiro atoms. The van der Waals surface area contributed by atoms with E-state index in [0.717, 1.165) is 5.57 Å². The van der Waals surface area contributed by atoms with Crippen molar-refractivity contribution in [2.45, 2.75) is 163 Å². The number of Topliss-reactive ketones (excluding diaryl/α,β-unsaturated/α-hetero) is 1. The van der Waals surface area contributed by atoms with Crippen molar-refractivity contribution in [3.05, 3.63) is 56.7 Å². The molecule has 10 atom stereocenters. The number of benzene rings is 1. The number of aryl methyl sites for hydroxylation is 1. The van der Waals surface area contributed by atoms with Gasteiger partial charge in [0.05, 0.1) is 30.2 Å². The number of halogens is 1. The van der Waals surface area contributed by atoms with Gasteiger partial charge in [-0.15, -0.1) is 0 Å². The zero-order chi connectivity index (χ0) is 51.5. The summed E-state index contributed by atoms with van der Waals surface area (Å²) in [4.78, 5) is 87.2. The lowest BCUT2D eigenvalue weighted by molar-refractivity contribution is -0.188. The average molecular weight is 972 g/mol. The first-order valence-electron chi connectivity index (χ1n) is 25.4. The Balaban J connectivity index is 1.08. The number of ether oxygens (including phenoxy) is 2. The molecule has 5 fully saturated rings. The van der Waals surface area contributed by atoms with Crippen molar-refractivity contribution in [3.63, 3.8) is 0 Å². The number of amides is 2. The number of piperazine rings is 1. The van der Waals surface area contributed by atoms with Gasteiger partial charge in [0.1, 0.15) is 22.9 Å². The molecule has 2 heterocycles. The van der Waals surface area contributed by atoms with Crippen LogP contribution in [-0.2, 0) is 23.9 Å². The van der Waals surface area contributed by atoms with Gasteiger partial charge in [0.15, 0.2) is 23.0 Å². The van der Waals surface area contributed by atoms with Crippen LogP contribution in [0.1, 0.15) is 135 Å². The average Bonchev–Trinajstić information content (AvgIpc) is 4.08. The Morgan fingerprint density at radius 3 is 2.29 bits per heavy atom. The van der Waals surface area contributed by atoms with Gasteiger partial charge in [-0.3, -0.25) is 24.0 Å². The van der Waals surface area contributed by atoms with Crippen molar-refractivity contribution in [3.8, 4) is 5.75 Å². The quantitative estimate of drug-likeness (QED) is 0.187. The number of esters is 1. The van der Waals surface area contributed by atoms with E-state index in [1.165, 1.54) is 27.9 Å². The van der Waals surface area contributed by atoms with Crippen LogP contribution in [-0.4, -0.2) is 111 Å². The third-order valence-corrected chi connectivity index (χ3v) is 17.7. The molecule has 1 aliphatic heterocycles. The number of hydrogen-bond acceptors (Lipinski definition) is 12. The first kappa shape index (κ1) is 51.4. The van der Waals surface area contributed by atoms with Crippen LogP contribution in [0.4, 0.5) is 10.1 Å². The van der Waals surface area contributed by atoms with E-state index in [2.05, 4.69) is 12.2 Å². The number of hydrogen-bond donors (Lipinski definition) is 4. The fourth-order valence-electron chi connectivity index (χ4n) is 13.6. The van der Waals surface area contributed by atoms with Gasteiger partial charge in [-0.05, 0) is 115 Å². The monoisotopic (exact) mass is 972 g/mol. The lowest BCUT2D eigenvalue weighted by atomic mass is 9.46. The van der Waals surface area contributed by atoms with E-state index >= 15 is 4.39 Å². The Kier molecular flexibility index (Phi) is 13.2. The highest BCUT2D eigenvalue weighted by Crippen LogP contribution is 2.67. The van der Waals surface area contributed by atoms with Crippen molar-refractivity contribution in [1.29, 1.82) is 0 Å². The largest absolute Gasteiger partial charge is 0.492 e. The third kappa shape index (κ3) is 7.93. The summed E-state index contributed by atoms with van der Waals surface area (Å²) in [6.45, 7) is 19.7. The first-order valence-corrected chi connectivity index (χ1v) is 25.4. The van der Waals surface area contributed by atoms with Crippen LogP contribution in [0.2, 0.25) is 0 Å². The zero-order valence-electron chi connectivity index (χ0n) is 43.0. The number of fused-ring (bicyclic) bond motifs is 6. The number of aliphatic hydroxyl groups excluding tert-OH is 1. The maximum Gasteiger partial charge on any atom is 0.344 e. The topological polar surface area (TPSA) is 211 Å². The van der Waals surface area contributed by atoms with Gasteiger partial charge < -0.3 is 45.1 Å². The molecule has 1 saturated heterocycles. The Labute approximate surface area is 410 Å². The number of carbonyl (C=O) groups excluding carboxylic acids is 5. The molecule has 2 amide bonds. The molecular weight excluding hydrogens is 898 g/mol. The lowest BCUT2D eigenvalue weighted by Gasteiger charge is -2.59. The molecule has 1 aromatic heterocycles. The summed E-state index contributed by atoms with van der Waals surface area (Å²) in [6.07, 6.45) is 7.78. The van der Waals surface area contributed by atoms with Crippen molar-refractivity contribution in [1.82, 2.24) is 14.8 Å². The van der Waals surface area contributed by atoms with Gasteiger partial charge in [0, 0.05) is 59.7 Å². The molecule has 6 aliphatic rings. The second-order valence-corrected chi connectivity index (χ2v) is 23.1. The van der Waals surface area contributed by atoms with E-state index in [9.17, 15) is 39.0 Å². The number of aliphatic hydroxyl groups is 2. The number of pyridine rings is 1. The summed E-state index contributed by atoms with van der Waals surface area (Å²) in [5.74, 6) is -3.91. The summed E-state index contributed by atoms with van der Waals surface area (Å²) in [5, 5.41) is 27.5. The number of methoxy groups -OCH3 is 1. The molecule has 3 unspecified atom stereocenters. The minimum absolute atomic E-state index is 0.00675. The molecule has 15 nitrogen and oxygen atoms in total. The van der Waals surface area contributed by atoms with Crippen molar-refractivity contribution in [2.75, 3.05) is 31.6 Å². The van der Waals surface area contributed by atoms with Gasteiger partial charge in [-0.25, -0.2) is 9.18 Å². The van der Waals surface area contributed by atoms with E-state index in [1.54, 1.807) is 24.0 Å². The number of nitrogens with one attached hydrogen (secondary N) is 1. The number of allylic oxidation sites excluding steroid dienone is 4. The molecule has 4 saturated carbocycles. The van der Waals surface area contributed by atoms with Gasteiger partial charge in [-0.1, -0.05) is 53.2 Å². The van der Waals surface area contributed by atoms with Crippen LogP contribution < -0.4 is 26.1 Å². The second-order valence-electron chi connectivity index (χ2n) is 23.1. The smallest absolute Gasteiger partial charge is 0.344 e. The zero-order valence-corrected chi connectivity index (χ0v) is 43.0. The van der Waals surface area contributed by atoms with E-state index in [1.807, 2.05) is 57.1 Å². The van der Waals surface area contributed by atoms with Gasteiger partial charge in [0.25, 0.3) is 0 Å². The normalized spacial score (nSPS) is 30.7. The molecule has 70 heavy (non-hydrogen) atoms. The molecule has 0 bridgehead atoms. The van der Waals surface area contributed by atoms with Gasteiger partial charge in [-0.2, -0.15) is 0 Å². The van der Waals surface area contributed by atoms with Crippen molar-refractivity contribution >= 4 is 45.9 Å². The van der Waals surface area contributed by atoms with Crippen LogP contribution >= 0.6 is 0 Å². The molecular formula is C54H74FN5O10. The van der Waals surface area contributed by atoms with Crippen molar-refractivity contribution in [2.24, 2.45) is 46.2 Å². The lowest BCUT2D eigenvalue weighted by Crippen LogP contribution is -2.64. The number of aromatic nitrogens is 1. The SMILES string of the molecule is COc1c(N2CCN(C(=O)C(NC(=O)C(N)C(C)C)C(C)C)C(C)C2)c(F)c(C)c2c(=O)c(C(=O)OC(C)(C)C(=O)[C@@]3(O)CC[C@H]4[C@@H]5CCC6=CC(=O)C=C[C@]6(C)[C@H]5[C@@H](O)C[C@@]43C)c(C)n(C3CC3)c12. The predicted octanol–water partition coefficient (Wildman–Crippen LogP) is 5.78. The highest BCUT2D eigenvalue weighted by Gasteiger charge is 2.70. The number of rotatable bonds is 12. The fraction of sp³-hybridized carbons (Fsp3) is 0.667. The number of carbonyl (C=O) groups is 5. The third-order valence-electron chi connectivity index (χ3n) is 17.7. The summed E-state index contributed by atoms with van der Waals surface area (Å²) in [7, 11) is 1.41. The molecule has 382 valence electrons. The number of ketones is 2. The maximum absolute atomic E-state index is 17.2. The summed E-state index contributed by atoms with van der Waals surface area (Å²) in [5.41, 5.74) is 1.15. The highest BCUT2D eigenvalue weighted by atomic mass is 19.1. The molecule has 5 N–H and O–H groups in total. The fourth-order valence-corrected chi connectivity index (χ4v) is 13.6. The van der Waals surface area contributed by atoms with Crippen LogP contribution in [0.15, 0.2) is 28.6 Å².